The van der Waals surface area contributed by atoms with Crippen LogP contribution in [0, 0.1) is 0 Å². The van der Waals surface area contributed by atoms with Gasteiger partial charge in [0.2, 0.25) is 5.28 Å². The molecule has 0 aromatic carbocycles. The molecule has 76 valence electrons. The zero-order valence-electron chi connectivity index (χ0n) is 7.32. The Morgan fingerprint density at radius 3 is 2.93 bits per heavy atom. The summed E-state index contributed by atoms with van der Waals surface area (Å²) >= 11 is 11.6. The zero-order valence-corrected chi connectivity index (χ0v) is 8.83. The molecule has 0 saturated carbocycles. The maximum Gasteiger partial charge on any atom is 0.224 e. The molecular weight excluding hydrogens is 225 g/mol. The third kappa shape index (κ3) is 1.92. The van der Waals surface area contributed by atoms with Crippen molar-refractivity contribution >= 4 is 29.0 Å². The SMILES string of the molecule is OC1CCN(c2nc(Cl)ncc2Cl)C1. The predicted octanol–water partition coefficient (Wildman–Crippen LogP) is 1.35. The molecule has 0 amide bonds. The Labute approximate surface area is 91.5 Å². The number of hydrogen-bond donors (Lipinski definition) is 1. The largest absolute Gasteiger partial charge is 0.391 e. The first-order valence-electron chi connectivity index (χ1n) is 4.28. The lowest BCUT2D eigenvalue weighted by molar-refractivity contribution is 0.198. The van der Waals surface area contributed by atoms with Gasteiger partial charge in [0.25, 0.3) is 0 Å². The molecule has 0 spiro atoms. The Hall–Kier alpha value is -0.580. The lowest BCUT2D eigenvalue weighted by atomic mass is 10.3. The molecule has 1 aliphatic heterocycles. The van der Waals surface area contributed by atoms with Gasteiger partial charge in [-0.25, -0.2) is 4.98 Å². The van der Waals surface area contributed by atoms with E-state index in [2.05, 4.69) is 9.97 Å². The summed E-state index contributed by atoms with van der Waals surface area (Å²) in [6.45, 7) is 1.29. The highest BCUT2D eigenvalue weighted by Crippen LogP contribution is 2.26. The van der Waals surface area contributed by atoms with Crippen LogP contribution in [0.25, 0.3) is 0 Å². The first-order valence-corrected chi connectivity index (χ1v) is 5.03. The molecule has 0 bridgehead atoms. The molecule has 1 unspecified atom stereocenters. The highest BCUT2D eigenvalue weighted by molar-refractivity contribution is 6.33. The van der Waals surface area contributed by atoms with E-state index in [4.69, 9.17) is 23.2 Å². The van der Waals surface area contributed by atoms with E-state index >= 15 is 0 Å². The summed E-state index contributed by atoms with van der Waals surface area (Å²) in [5, 5.41) is 9.99. The molecule has 1 aromatic rings. The minimum Gasteiger partial charge on any atom is -0.391 e. The van der Waals surface area contributed by atoms with Gasteiger partial charge in [0.05, 0.1) is 12.3 Å². The molecule has 1 saturated heterocycles. The number of β-amino-alcohol motifs (C(OH)–C–C–N with tert-alkyl or cyclic N) is 1. The number of aromatic nitrogens is 2. The Bertz CT molecular complexity index is 347. The Morgan fingerprint density at radius 2 is 2.29 bits per heavy atom. The minimum atomic E-state index is -0.306. The molecule has 6 heteroatoms. The van der Waals surface area contributed by atoms with Gasteiger partial charge in [-0.05, 0) is 18.0 Å². The van der Waals surface area contributed by atoms with E-state index in [0.717, 1.165) is 13.0 Å². The molecule has 0 radical (unpaired) electrons. The van der Waals surface area contributed by atoms with Crippen LogP contribution in [0.2, 0.25) is 10.3 Å². The fourth-order valence-electron chi connectivity index (χ4n) is 1.49. The van der Waals surface area contributed by atoms with Crippen molar-refractivity contribution < 1.29 is 5.11 Å². The lowest BCUT2D eigenvalue weighted by Crippen LogP contribution is -2.22. The van der Waals surface area contributed by atoms with E-state index in [9.17, 15) is 5.11 Å². The van der Waals surface area contributed by atoms with Crippen molar-refractivity contribution in [2.45, 2.75) is 12.5 Å². The van der Waals surface area contributed by atoms with Gasteiger partial charge in [-0.1, -0.05) is 11.6 Å². The number of aliphatic hydroxyl groups is 1. The Balaban J connectivity index is 2.27. The van der Waals surface area contributed by atoms with Crippen LogP contribution in [-0.2, 0) is 0 Å². The standard InChI is InChI=1S/C8H9Cl2N3O/c9-6-3-11-8(10)12-7(6)13-2-1-5(14)4-13/h3,5,14H,1-2,4H2. The van der Waals surface area contributed by atoms with Crippen molar-refractivity contribution in [1.82, 2.24) is 9.97 Å². The number of nitrogens with zero attached hydrogens (tertiary/aromatic N) is 3. The number of anilines is 1. The highest BCUT2D eigenvalue weighted by atomic mass is 35.5. The van der Waals surface area contributed by atoms with Crippen LogP contribution in [0.1, 0.15) is 6.42 Å². The molecule has 1 N–H and O–H groups in total. The van der Waals surface area contributed by atoms with Crippen LogP contribution in [-0.4, -0.2) is 34.3 Å². The predicted molar refractivity (Wildman–Crippen MR) is 54.9 cm³/mol. The van der Waals surface area contributed by atoms with Crippen molar-refractivity contribution in [3.05, 3.63) is 16.5 Å². The molecule has 0 aliphatic carbocycles. The molecule has 2 heterocycles. The number of rotatable bonds is 1. The first-order chi connectivity index (χ1) is 6.66. The average Bonchev–Trinajstić information content (AvgIpc) is 2.56. The van der Waals surface area contributed by atoms with E-state index in [-0.39, 0.29) is 11.4 Å². The molecular formula is C8H9Cl2N3O. The molecule has 1 aromatic heterocycles. The normalized spacial score (nSPS) is 21.6. The summed E-state index contributed by atoms with van der Waals surface area (Å²) < 4.78 is 0. The third-order valence-corrected chi connectivity index (χ3v) is 2.61. The summed E-state index contributed by atoms with van der Waals surface area (Å²) in [5.41, 5.74) is 0. The van der Waals surface area contributed by atoms with Gasteiger partial charge in [0.15, 0.2) is 5.82 Å². The average molecular weight is 234 g/mol. The quantitative estimate of drug-likeness (QED) is 0.745. The van der Waals surface area contributed by atoms with Crippen LogP contribution in [0.3, 0.4) is 0 Å². The van der Waals surface area contributed by atoms with Crippen LogP contribution in [0.5, 0.6) is 0 Å². The summed E-state index contributed by atoms with van der Waals surface area (Å²) in [6, 6.07) is 0. The molecule has 2 rings (SSSR count). The first kappa shape index (κ1) is 9.96. The van der Waals surface area contributed by atoms with E-state index in [0.29, 0.717) is 17.4 Å². The van der Waals surface area contributed by atoms with Crippen LogP contribution >= 0.6 is 23.2 Å². The number of aliphatic hydroxyl groups excluding tert-OH is 1. The van der Waals surface area contributed by atoms with Gasteiger partial charge in [-0.3, -0.25) is 0 Å². The van der Waals surface area contributed by atoms with Crippen molar-refractivity contribution in [2.75, 3.05) is 18.0 Å². The number of hydrogen-bond acceptors (Lipinski definition) is 4. The van der Waals surface area contributed by atoms with Gasteiger partial charge in [0.1, 0.15) is 5.02 Å². The van der Waals surface area contributed by atoms with Crippen molar-refractivity contribution in [3.8, 4) is 0 Å². The topological polar surface area (TPSA) is 49.2 Å². The molecule has 1 atom stereocenters. The minimum absolute atomic E-state index is 0.172. The monoisotopic (exact) mass is 233 g/mol. The van der Waals surface area contributed by atoms with Gasteiger partial charge in [-0.2, -0.15) is 4.98 Å². The van der Waals surface area contributed by atoms with Gasteiger partial charge in [0, 0.05) is 13.1 Å². The number of halogens is 2. The smallest absolute Gasteiger partial charge is 0.224 e. The Morgan fingerprint density at radius 1 is 1.50 bits per heavy atom. The summed E-state index contributed by atoms with van der Waals surface area (Å²) in [6.07, 6.45) is 1.90. The second kappa shape index (κ2) is 3.88. The second-order valence-corrected chi connectivity index (χ2v) is 3.94. The third-order valence-electron chi connectivity index (χ3n) is 2.16. The van der Waals surface area contributed by atoms with Gasteiger partial charge < -0.3 is 10.0 Å². The van der Waals surface area contributed by atoms with Crippen LogP contribution < -0.4 is 4.90 Å². The van der Waals surface area contributed by atoms with E-state index < -0.39 is 0 Å². The van der Waals surface area contributed by atoms with E-state index in [1.165, 1.54) is 6.20 Å². The highest BCUT2D eigenvalue weighted by Gasteiger charge is 2.23. The van der Waals surface area contributed by atoms with Crippen molar-refractivity contribution in [3.63, 3.8) is 0 Å². The summed E-state index contributed by atoms with van der Waals surface area (Å²) in [4.78, 5) is 9.69. The Kier molecular flexibility index (Phi) is 2.76. The fourth-order valence-corrected chi connectivity index (χ4v) is 1.83. The summed E-state index contributed by atoms with van der Waals surface area (Å²) in [5.74, 6) is 0.600. The zero-order chi connectivity index (χ0) is 10.1. The van der Waals surface area contributed by atoms with Gasteiger partial charge in [-0.15, -0.1) is 0 Å². The van der Waals surface area contributed by atoms with Gasteiger partial charge >= 0.3 is 0 Å². The molecule has 14 heavy (non-hydrogen) atoms. The van der Waals surface area contributed by atoms with Crippen molar-refractivity contribution in [2.24, 2.45) is 0 Å². The maximum absolute atomic E-state index is 9.36. The van der Waals surface area contributed by atoms with Crippen LogP contribution in [0.15, 0.2) is 6.20 Å². The lowest BCUT2D eigenvalue weighted by Gasteiger charge is -2.17. The fraction of sp³-hybridized carbons (Fsp3) is 0.500. The molecule has 1 aliphatic rings. The van der Waals surface area contributed by atoms with E-state index in [1.54, 1.807) is 0 Å². The summed E-state index contributed by atoms with van der Waals surface area (Å²) in [7, 11) is 0. The second-order valence-electron chi connectivity index (χ2n) is 3.20. The molecule has 1 fully saturated rings. The molecule has 4 nitrogen and oxygen atoms in total. The maximum atomic E-state index is 9.36. The van der Waals surface area contributed by atoms with Crippen molar-refractivity contribution in [1.29, 1.82) is 0 Å². The van der Waals surface area contributed by atoms with Crippen LogP contribution in [0.4, 0.5) is 5.82 Å². The van der Waals surface area contributed by atoms with E-state index in [1.807, 2.05) is 4.90 Å².